The van der Waals surface area contributed by atoms with E-state index in [4.69, 9.17) is 9.78 Å². The number of aromatic nitrogens is 5. The largest absolute Gasteiger partial charge is 0.573 e. The zero-order chi connectivity index (χ0) is 22.0. The van der Waals surface area contributed by atoms with Gasteiger partial charge in [0.2, 0.25) is 5.82 Å². The highest BCUT2D eigenvalue weighted by Gasteiger charge is 2.31. The van der Waals surface area contributed by atoms with Gasteiger partial charge in [-0.3, -0.25) is 4.68 Å². The van der Waals surface area contributed by atoms with Crippen molar-refractivity contribution in [3.63, 3.8) is 0 Å². The predicted molar refractivity (Wildman–Crippen MR) is 100 cm³/mol. The number of halogens is 3. The molecule has 31 heavy (non-hydrogen) atoms. The van der Waals surface area contributed by atoms with E-state index in [1.54, 1.807) is 29.1 Å². The molecular formula is C20H13F3N6O2. The number of alkyl halides is 3. The fourth-order valence-corrected chi connectivity index (χ4v) is 2.78. The molecule has 4 rings (SSSR count). The highest BCUT2D eigenvalue weighted by Crippen LogP contribution is 2.27. The lowest BCUT2D eigenvalue weighted by molar-refractivity contribution is -0.274. The van der Waals surface area contributed by atoms with Crippen LogP contribution in [0.3, 0.4) is 0 Å². The molecule has 3 aromatic heterocycles. The minimum Gasteiger partial charge on any atom is -0.406 e. The average molecular weight is 426 g/mol. The Labute approximate surface area is 173 Å². The molecule has 4 aromatic rings. The number of aryl methyl sites for hydroxylation is 1. The van der Waals surface area contributed by atoms with Crippen LogP contribution in [0, 0.1) is 18.3 Å². The van der Waals surface area contributed by atoms with Crippen molar-refractivity contribution in [1.29, 1.82) is 5.26 Å². The molecule has 0 aliphatic carbocycles. The van der Waals surface area contributed by atoms with Gasteiger partial charge in [-0.1, -0.05) is 11.2 Å². The van der Waals surface area contributed by atoms with E-state index in [1.807, 2.05) is 13.0 Å². The number of benzene rings is 1. The minimum absolute atomic E-state index is 0.172. The Balaban J connectivity index is 1.51. The van der Waals surface area contributed by atoms with Crippen LogP contribution in [0.5, 0.6) is 5.75 Å². The topological polar surface area (TPSA) is 103 Å². The first-order valence-corrected chi connectivity index (χ1v) is 8.90. The summed E-state index contributed by atoms with van der Waals surface area (Å²) in [5, 5.41) is 17.2. The van der Waals surface area contributed by atoms with Gasteiger partial charge < -0.3 is 9.26 Å². The Morgan fingerprint density at radius 2 is 1.94 bits per heavy atom. The van der Waals surface area contributed by atoms with E-state index < -0.39 is 6.36 Å². The first kappa shape index (κ1) is 20.1. The van der Waals surface area contributed by atoms with Crippen molar-refractivity contribution in [3.05, 3.63) is 65.6 Å². The number of nitrogens with zero attached hydrogens (tertiary/aromatic N) is 6. The van der Waals surface area contributed by atoms with Gasteiger partial charge in [0.25, 0.3) is 5.89 Å². The van der Waals surface area contributed by atoms with Crippen LogP contribution in [0.15, 0.2) is 53.2 Å². The standard InChI is InChI=1S/C20H13F3N6O2/c1-12-8-17(27-29(12)11-13-2-5-15(9-24)25-10-13)19-26-18(28-31-19)14-3-6-16(7-4-14)30-20(21,22)23/h2-8,10H,11H2,1H3. The molecule has 0 aliphatic rings. The summed E-state index contributed by atoms with van der Waals surface area (Å²) in [6, 6.07) is 12.3. The Kier molecular flexibility index (Phi) is 5.12. The summed E-state index contributed by atoms with van der Waals surface area (Å²) in [7, 11) is 0. The Morgan fingerprint density at radius 1 is 1.16 bits per heavy atom. The third kappa shape index (κ3) is 4.69. The normalized spacial score (nSPS) is 11.3. The molecule has 0 spiro atoms. The van der Waals surface area contributed by atoms with Crippen LogP contribution in [0.4, 0.5) is 13.2 Å². The molecule has 0 saturated carbocycles. The molecular weight excluding hydrogens is 413 g/mol. The highest BCUT2D eigenvalue weighted by atomic mass is 19.4. The van der Waals surface area contributed by atoms with Gasteiger partial charge in [-0.25, -0.2) is 4.98 Å². The molecule has 11 heteroatoms. The maximum Gasteiger partial charge on any atom is 0.573 e. The van der Waals surface area contributed by atoms with Crippen LogP contribution in [0.1, 0.15) is 17.0 Å². The van der Waals surface area contributed by atoms with Gasteiger partial charge >= 0.3 is 6.36 Å². The molecule has 0 fully saturated rings. The molecule has 0 aliphatic heterocycles. The molecule has 156 valence electrons. The van der Waals surface area contributed by atoms with E-state index in [2.05, 4.69) is 25.0 Å². The van der Waals surface area contributed by atoms with E-state index in [-0.39, 0.29) is 17.5 Å². The van der Waals surface area contributed by atoms with Gasteiger partial charge in [0.1, 0.15) is 17.5 Å². The van der Waals surface area contributed by atoms with Gasteiger partial charge in [0.15, 0.2) is 5.69 Å². The molecule has 0 radical (unpaired) electrons. The van der Waals surface area contributed by atoms with E-state index in [0.717, 1.165) is 11.3 Å². The average Bonchev–Trinajstić information content (AvgIpc) is 3.35. The summed E-state index contributed by atoms with van der Waals surface area (Å²) >= 11 is 0. The van der Waals surface area contributed by atoms with Gasteiger partial charge in [-0.2, -0.15) is 15.3 Å². The maximum atomic E-state index is 12.3. The molecule has 0 N–H and O–H groups in total. The number of hydrogen-bond acceptors (Lipinski definition) is 7. The predicted octanol–water partition coefficient (Wildman–Crippen LogP) is 4.12. The van der Waals surface area contributed by atoms with E-state index in [0.29, 0.717) is 23.5 Å². The Morgan fingerprint density at radius 3 is 2.58 bits per heavy atom. The van der Waals surface area contributed by atoms with Crippen molar-refractivity contribution in [2.75, 3.05) is 0 Å². The number of hydrogen-bond donors (Lipinski definition) is 0. The molecule has 8 nitrogen and oxygen atoms in total. The third-order valence-electron chi connectivity index (χ3n) is 4.24. The highest BCUT2D eigenvalue weighted by molar-refractivity contribution is 5.58. The molecule has 1 aromatic carbocycles. The monoisotopic (exact) mass is 426 g/mol. The van der Waals surface area contributed by atoms with Crippen molar-refractivity contribution in [2.45, 2.75) is 19.8 Å². The van der Waals surface area contributed by atoms with Crippen LogP contribution >= 0.6 is 0 Å². The lowest BCUT2D eigenvalue weighted by Crippen LogP contribution is -2.16. The zero-order valence-electron chi connectivity index (χ0n) is 16.0. The van der Waals surface area contributed by atoms with Gasteiger partial charge in [0, 0.05) is 17.5 Å². The zero-order valence-corrected chi connectivity index (χ0v) is 16.0. The summed E-state index contributed by atoms with van der Waals surface area (Å²) in [5.74, 6) is 0.0362. The SMILES string of the molecule is Cc1cc(-c2nc(-c3ccc(OC(F)(F)F)cc3)no2)nn1Cc1ccc(C#N)nc1. The summed E-state index contributed by atoms with van der Waals surface area (Å²) in [6.07, 6.45) is -3.15. The lowest BCUT2D eigenvalue weighted by Gasteiger charge is -2.08. The van der Waals surface area contributed by atoms with E-state index >= 15 is 0 Å². The maximum absolute atomic E-state index is 12.3. The van der Waals surface area contributed by atoms with Crippen LogP contribution in [-0.4, -0.2) is 31.3 Å². The summed E-state index contributed by atoms with van der Waals surface area (Å²) in [4.78, 5) is 8.31. The third-order valence-corrected chi connectivity index (χ3v) is 4.24. The second kappa shape index (κ2) is 7.91. The van der Waals surface area contributed by atoms with Crippen LogP contribution < -0.4 is 4.74 Å². The van der Waals surface area contributed by atoms with Crippen molar-refractivity contribution in [1.82, 2.24) is 24.9 Å². The fourth-order valence-electron chi connectivity index (χ4n) is 2.78. The fraction of sp³-hybridized carbons (Fsp3) is 0.150. The number of nitriles is 1. The molecule has 0 atom stereocenters. The summed E-state index contributed by atoms with van der Waals surface area (Å²) in [5.41, 5.74) is 2.95. The van der Waals surface area contributed by atoms with Crippen LogP contribution in [0.25, 0.3) is 23.0 Å². The molecule has 0 bridgehead atoms. The molecule has 0 amide bonds. The number of rotatable bonds is 5. The first-order chi connectivity index (χ1) is 14.8. The smallest absolute Gasteiger partial charge is 0.406 e. The van der Waals surface area contributed by atoms with Crippen molar-refractivity contribution >= 4 is 0 Å². The minimum atomic E-state index is -4.76. The van der Waals surface area contributed by atoms with Crippen molar-refractivity contribution in [2.24, 2.45) is 0 Å². The molecule has 3 heterocycles. The second-order valence-corrected chi connectivity index (χ2v) is 6.49. The number of pyridine rings is 1. The van der Waals surface area contributed by atoms with Crippen molar-refractivity contribution < 1.29 is 22.4 Å². The number of ether oxygens (including phenoxy) is 1. The lowest BCUT2D eigenvalue weighted by atomic mass is 10.2. The van der Waals surface area contributed by atoms with Gasteiger partial charge in [0.05, 0.1) is 6.54 Å². The Hall–Kier alpha value is -4.20. The quantitative estimate of drug-likeness (QED) is 0.473. The van der Waals surface area contributed by atoms with Crippen molar-refractivity contribution in [3.8, 4) is 34.8 Å². The van der Waals surface area contributed by atoms with E-state index in [9.17, 15) is 13.2 Å². The van der Waals surface area contributed by atoms with Crippen LogP contribution in [-0.2, 0) is 6.54 Å². The van der Waals surface area contributed by atoms with Crippen LogP contribution in [0.2, 0.25) is 0 Å². The summed E-state index contributed by atoms with van der Waals surface area (Å²) < 4.78 is 47.7. The van der Waals surface area contributed by atoms with E-state index in [1.165, 1.54) is 24.3 Å². The summed E-state index contributed by atoms with van der Waals surface area (Å²) in [6.45, 7) is 2.30. The molecule has 0 saturated heterocycles. The van der Waals surface area contributed by atoms with Gasteiger partial charge in [-0.15, -0.1) is 13.2 Å². The second-order valence-electron chi connectivity index (χ2n) is 6.49. The van der Waals surface area contributed by atoms with Gasteiger partial charge in [-0.05, 0) is 48.9 Å². The Bertz CT molecular complexity index is 1240. The molecule has 0 unspecified atom stereocenters. The first-order valence-electron chi connectivity index (χ1n) is 8.90.